The van der Waals surface area contributed by atoms with E-state index in [1.807, 2.05) is 56.3 Å². The molecule has 0 saturated heterocycles. The Morgan fingerprint density at radius 1 is 1.03 bits per heavy atom. The molecule has 0 saturated carbocycles. The highest BCUT2D eigenvalue weighted by Gasteiger charge is 2.25. The first-order valence-corrected chi connectivity index (χ1v) is 10.3. The van der Waals surface area contributed by atoms with Crippen molar-refractivity contribution in [2.45, 2.75) is 26.7 Å². The lowest BCUT2D eigenvalue weighted by Gasteiger charge is -2.29. The highest BCUT2D eigenvalue weighted by atomic mass is 16.2. The predicted octanol–water partition coefficient (Wildman–Crippen LogP) is 4.65. The second kappa shape index (κ2) is 8.49. The number of aromatic nitrogens is 1. The SMILES string of the molecule is CCN(C(=O)c1cncc(C(=O)N2CCCc3ccccc32)c1)c1cccc(C)c1. The molecule has 1 aliphatic rings. The Hall–Kier alpha value is -3.47. The van der Waals surface area contributed by atoms with Gasteiger partial charge < -0.3 is 9.80 Å². The fourth-order valence-electron chi connectivity index (χ4n) is 3.97. The molecule has 152 valence electrons. The van der Waals surface area contributed by atoms with Crippen molar-refractivity contribution in [1.29, 1.82) is 0 Å². The third kappa shape index (κ3) is 3.83. The van der Waals surface area contributed by atoms with E-state index < -0.39 is 0 Å². The van der Waals surface area contributed by atoms with Crippen LogP contribution in [-0.2, 0) is 6.42 Å². The van der Waals surface area contributed by atoms with E-state index in [2.05, 4.69) is 11.1 Å². The average molecular weight is 399 g/mol. The second-order valence-electron chi connectivity index (χ2n) is 7.54. The zero-order chi connectivity index (χ0) is 21.1. The lowest BCUT2D eigenvalue weighted by Crippen LogP contribution is -2.36. The zero-order valence-corrected chi connectivity index (χ0v) is 17.3. The summed E-state index contributed by atoms with van der Waals surface area (Å²) >= 11 is 0. The number of nitrogens with zero attached hydrogens (tertiary/aromatic N) is 3. The molecule has 4 rings (SSSR count). The minimum atomic E-state index is -0.163. The van der Waals surface area contributed by atoms with E-state index in [9.17, 15) is 9.59 Å². The smallest absolute Gasteiger partial charge is 0.259 e. The van der Waals surface area contributed by atoms with E-state index in [0.717, 1.165) is 29.8 Å². The van der Waals surface area contributed by atoms with Crippen LogP contribution < -0.4 is 9.80 Å². The van der Waals surface area contributed by atoms with Crippen LogP contribution in [0.1, 0.15) is 45.2 Å². The predicted molar refractivity (Wildman–Crippen MR) is 119 cm³/mol. The number of carbonyl (C=O) groups is 2. The Morgan fingerprint density at radius 3 is 2.63 bits per heavy atom. The molecule has 0 bridgehead atoms. The molecule has 5 nitrogen and oxygen atoms in total. The summed E-state index contributed by atoms with van der Waals surface area (Å²) in [6.07, 6.45) is 4.96. The van der Waals surface area contributed by atoms with Crippen molar-refractivity contribution in [3.63, 3.8) is 0 Å². The number of pyridine rings is 1. The van der Waals surface area contributed by atoms with Gasteiger partial charge in [-0.05, 0) is 62.1 Å². The molecule has 30 heavy (non-hydrogen) atoms. The molecule has 2 amide bonds. The lowest BCUT2D eigenvalue weighted by atomic mass is 10.0. The van der Waals surface area contributed by atoms with Crippen molar-refractivity contribution in [3.05, 3.63) is 89.2 Å². The van der Waals surface area contributed by atoms with Gasteiger partial charge in [0.25, 0.3) is 11.8 Å². The number of anilines is 2. The monoisotopic (exact) mass is 399 g/mol. The third-order valence-electron chi connectivity index (χ3n) is 5.46. The number of hydrogen-bond donors (Lipinski definition) is 0. The maximum Gasteiger partial charge on any atom is 0.259 e. The van der Waals surface area contributed by atoms with Crippen LogP contribution in [0, 0.1) is 6.92 Å². The number of carbonyl (C=O) groups excluding carboxylic acids is 2. The van der Waals surface area contributed by atoms with Gasteiger partial charge in [-0.3, -0.25) is 14.6 Å². The molecule has 0 radical (unpaired) electrons. The van der Waals surface area contributed by atoms with Gasteiger partial charge >= 0.3 is 0 Å². The highest BCUT2D eigenvalue weighted by Crippen LogP contribution is 2.28. The largest absolute Gasteiger partial charge is 0.309 e. The van der Waals surface area contributed by atoms with E-state index in [1.54, 1.807) is 22.1 Å². The first-order chi connectivity index (χ1) is 14.6. The summed E-state index contributed by atoms with van der Waals surface area (Å²) in [4.78, 5) is 34.2. The Bertz CT molecular complexity index is 1090. The van der Waals surface area contributed by atoms with Gasteiger partial charge in [0.1, 0.15) is 0 Å². The second-order valence-corrected chi connectivity index (χ2v) is 7.54. The third-order valence-corrected chi connectivity index (χ3v) is 5.46. The summed E-state index contributed by atoms with van der Waals surface area (Å²) < 4.78 is 0. The van der Waals surface area contributed by atoms with Crippen LogP contribution in [0.25, 0.3) is 0 Å². The van der Waals surface area contributed by atoms with Crippen molar-refractivity contribution >= 4 is 23.2 Å². The summed E-state index contributed by atoms with van der Waals surface area (Å²) in [6.45, 7) is 5.13. The summed E-state index contributed by atoms with van der Waals surface area (Å²) in [5.41, 5.74) is 4.88. The Kier molecular flexibility index (Phi) is 5.61. The van der Waals surface area contributed by atoms with Gasteiger partial charge in [-0.25, -0.2) is 0 Å². The first kappa shape index (κ1) is 19.8. The summed E-state index contributed by atoms with van der Waals surface area (Å²) in [5.74, 6) is -0.285. The number of rotatable bonds is 4. The number of para-hydroxylation sites is 1. The quantitative estimate of drug-likeness (QED) is 0.642. The lowest BCUT2D eigenvalue weighted by molar-refractivity contribution is 0.0984. The molecule has 0 spiro atoms. The zero-order valence-electron chi connectivity index (χ0n) is 17.3. The van der Waals surface area contributed by atoms with E-state index in [1.165, 1.54) is 11.8 Å². The summed E-state index contributed by atoms with van der Waals surface area (Å²) in [5, 5.41) is 0. The molecule has 0 N–H and O–H groups in total. The van der Waals surface area contributed by atoms with Crippen LogP contribution in [0.15, 0.2) is 67.0 Å². The fourth-order valence-corrected chi connectivity index (χ4v) is 3.97. The van der Waals surface area contributed by atoms with Gasteiger partial charge in [0.15, 0.2) is 0 Å². The summed E-state index contributed by atoms with van der Waals surface area (Å²) in [6, 6.07) is 17.5. The molecule has 2 aromatic carbocycles. The number of amides is 2. The molecule has 1 aliphatic heterocycles. The number of fused-ring (bicyclic) bond motifs is 1. The van der Waals surface area contributed by atoms with Crippen molar-refractivity contribution < 1.29 is 9.59 Å². The number of benzene rings is 2. The van der Waals surface area contributed by atoms with Crippen LogP contribution in [0.4, 0.5) is 11.4 Å². The highest BCUT2D eigenvalue weighted by molar-refractivity contribution is 6.10. The van der Waals surface area contributed by atoms with Crippen LogP contribution in [-0.4, -0.2) is 29.9 Å². The number of aryl methyl sites for hydroxylation is 2. The molecule has 0 unspecified atom stereocenters. The molecule has 1 aromatic heterocycles. The van der Waals surface area contributed by atoms with Crippen LogP contribution >= 0.6 is 0 Å². The van der Waals surface area contributed by atoms with Gasteiger partial charge in [0.2, 0.25) is 0 Å². The Morgan fingerprint density at radius 2 is 1.83 bits per heavy atom. The van der Waals surface area contributed by atoms with Crippen molar-refractivity contribution in [1.82, 2.24) is 4.98 Å². The minimum absolute atomic E-state index is 0.122. The van der Waals surface area contributed by atoms with E-state index >= 15 is 0 Å². The van der Waals surface area contributed by atoms with E-state index in [4.69, 9.17) is 0 Å². The van der Waals surface area contributed by atoms with E-state index in [0.29, 0.717) is 24.2 Å². The molecule has 0 fully saturated rings. The molecular weight excluding hydrogens is 374 g/mol. The fraction of sp³-hybridized carbons (Fsp3) is 0.240. The van der Waals surface area contributed by atoms with Gasteiger partial charge in [-0.2, -0.15) is 0 Å². The van der Waals surface area contributed by atoms with Crippen molar-refractivity contribution in [2.75, 3.05) is 22.9 Å². The molecule has 0 atom stereocenters. The van der Waals surface area contributed by atoms with Crippen molar-refractivity contribution in [2.24, 2.45) is 0 Å². The van der Waals surface area contributed by atoms with Crippen LogP contribution in [0.5, 0.6) is 0 Å². The van der Waals surface area contributed by atoms with Crippen molar-refractivity contribution in [3.8, 4) is 0 Å². The normalized spacial score (nSPS) is 12.9. The average Bonchev–Trinajstić information content (AvgIpc) is 2.79. The molecule has 2 heterocycles. The summed E-state index contributed by atoms with van der Waals surface area (Å²) in [7, 11) is 0. The van der Waals surface area contributed by atoms with Gasteiger partial charge in [-0.1, -0.05) is 30.3 Å². The van der Waals surface area contributed by atoms with E-state index in [-0.39, 0.29) is 11.8 Å². The number of hydrogen-bond acceptors (Lipinski definition) is 3. The topological polar surface area (TPSA) is 53.5 Å². The standard InChI is InChI=1S/C25H25N3O2/c1-3-27(22-11-6-8-18(2)14-22)24(29)20-15-21(17-26-16-20)25(30)28-13-7-10-19-9-4-5-12-23(19)28/h4-6,8-9,11-12,14-17H,3,7,10,13H2,1-2H3. The minimum Gasteiger partial charge on any atom is -0.309 e. The molecular formula is C25H25N3O2. The molecule has 3 aromatic rings. The Balaban J connectivity index is 1.63. The first-order valence-electron chi connectivity index (χ1n) is 10.3. The molecule has 0 aliphatic carbocycles. The van der Waals surface area contributed by atoms with Crippen LogP contribution in [0.3, 0.4) is 0 Å². The maximum atomic E-state index is 13.3. The maximum absolute atomic E-state index is 13.3. The Labute approximate surface area is 177 Å². The van der Waals surface area contributed by atoms with Gasteiger partial charge in [0.05, 0.1) is 11.1 Å². The van der Waals surface area contributed by atoms with Gasteiger partial charge in [0, 0.05) is 36.9 Å². The van der Waals surface area contributed by atoms with Crippen LogP contribution in [0.2, 0.25) is 0 Å². The molecule has 5 heteroatoms. The van der Waals surface area contributed by atoms with Gasteiger partial charge in [-0.15, -0.1) is 0 Å².